The molecule has 0 unspecified atom stereocenters. The van der Waals surface area contributed by atoms with Gasteiger partial charge in [-0.15, -0.1) is 0 Å². The van der Waals surface area contributed by atoms with Gasteiger partial charge in [0.05, 0.1) is 23.9 Å². The Morgan fingerprint density at radius 2 is 1.76 bits per heavy atom. The number of para-hydroxylation sites is 1. The monoisotopic (exact) mass is 412 g/mol. The molecule has 8 heteroatoms. The molecule has 0 spiro atoms. The number of rotatable bonds is 8. The number of carbonyl (C=O) groups excluding carboxylic acids is 3. The lowest BCUT2D eigenvalue weighted by atomic mass is 10.2. The van der Waals surface area contributed by atoms with Crippen LogP contribution in [0.4, 0.5) is 17.1 Å². The van der Waals surface area contributed by atoms with Crippen LogP contribution in [0.15, 0.2) is 48.5 Å². The van der Waals surface area contributed by atoms with Gasteiger partial charge in [0.2, 0.25) is 17.7 Å². The number of hydrogen-bond donors (Lipinski definition) is 2. The van der Waals surface area contributed by atoms with E-state index in [0.29, 0.717) is 22.1 Å². The Labute approximate surface area is 174 Å². The van der Waals surface area contributed by atoms with Crippen LogP contribution >= 0.6 is 11.6 Å². The van der Waals surface area contributed by atoms with Gasteiger partial charge in [0.25, 0.3) is 0 Å². The van der Waals surface area contributed by atoms with E-state index < -0.39 is 0 Å². The van der Waals surface area contributed by atoms with Crippen LogP contribution in [-0.2, 0) is 14.4 Å². The van der Waals surface area contributed by atoms with E-state index in [1.54, 1.807) is 36.4 Å². The third-order valence-corrected chi connectivity index (χ3v) is 4.18. The topological polar surface area (TPSA) is 102 Å². The lowest BCUT2D eigenvalue weighted by Crippen LogP contribution is -2.32. The highest BCUT2D eigenvalue weighted by Crippen LogP contribution is 2.26. The molecule has 150 valence electrons. The number of nitrogens with zero attached hydrogens (tertiary/aromatic N) is 2. The summed E-state index contributed by atoms with van der Waals surface area (Å²) in [6.07, 6.45) is 0.109. The van der Waals surface area contributed by atoms with Gasteiger partial charge >= 0.3 is 0 Å². The van der Waals surface area contributed by atoms with Gasteiger partial charge in [-0.1, -0.05) is 29.8 Å². The molecule has 0 fully saturated rings. The highest BCUT2D eigenvalue weighted by molar-refractivity contribution is 6.31. The van der Waals surface area contributed by atoms with Crippen LogP contribution in [0.2, 0.25) is 5.02 Å². The van der Waals surface area contributed by atoms with E-state index in [1.807, 2.05) is 12.1 Å². The molecule has 7 nitrogen and oxygen atoms in total. The number of benzene rings is 2. The van der Waals surface area contributed by atoms with Crippen LogP contribution in [0.1, 0.15) is 26.2 Å². The molecule has 2 aromatic rings. The average molecular weight is 413 g/mol. The fourth-order valence-corrected chi connectivity index (χ4v) is 2.83. The normalized spacial score (nSPS) is 9.97. The van der Waals surface area contributed by atoms with Crippen LogP contribution in [0.5, 0.6) is 0 Å². The molecule has 0 radical (unpaired) electrons. The van der Waals surface area contributed by atoms with Crippen molar-refractivity contribution >= 4 is 46.4 Å². The summed E-state index contributed by atoms with van der Waals surface area (Å²) in [6, 6.07) is 15.7. The Hall–Kier alpha value is -3.37. The summed E-state index contributed by atoms with van der Waals surface area (Å²) in [5, 5.41) is 14.5. The van der Waals surface area contributed by atoms with E-state index >= 15 is 0 Å². The van der Waals surface area contributed by atoms with Gasteiger partial charge in [-0.3, -0.25) is 14.4 Å². The Morgan fingerprint density at radius 3 is 2.41 bits per heavy atom. The van der Waals surface area contributed by atoms with Crippen LogP contribution in [0, 0.1) is 11.3 Å². The molecular formula is C21H21ClN4O3. The molecule has 0 aliphatic heterocycles. The fourth-order valence-electron chi connectivity index (χ4n) is 2.65. The van der Waals surface area contributed by atoms with Crippen LogP contribution < -0.4 is 15.5 Å². The first-order valence-electron chi connectivity index (χ1n) is 9.00. The zero-order valence-electron chi connectivity index (χ0n) is 15.9. The van der Waals surface area contributed by atoms with E-state index in [0.717, 1.165) is 0 Å². The zero-order valence-corrected chi connectivity index (χ0v) is 16.7. The number of amides is 3. The van der Waals surface area contributed by atoms with Crippen LogP contribution in [0.25, 0.3) is 0 Å². The number of carbonyl (C=O) groups is 3. The van der Waals surface area contributed by atoms with E-state index in [2.05, 4.69) is 10.6 Å². The van der Waals surface area contributed by atoms with Crippen molar-refractivity contribution in [3.63, 3.8) is 0 Å². The molecule has 0 atom stereocenters. The van der Waals surface area contributed by atoms with Gasteiger partial charge in [-0.05, 0) is 30.3 Å². The van der Waals surface area contributed by atoms with Crippen molar-refractivity contribution in [3.8, 4) is 6.07 Å². The Morgan fingerprint density at radius 1 is 1.03 bits per heavy atom. The second-order valence-corrected chi connectivity index (χ2v) is 6.64. The third kappa shape index (κ3) is 6.94. The van der Waals surface area contributed by atoms with Gasteiger partial charge in [0, 0.05) is 37.0 Å². The van der Waals surface area contributed by atoms with Crippen molar-refractivity contribution in [1.29, 1.82) is 5.26 Å². The number of hydrogen-bond acceptors (Lipinski definition) is 4. The maximum absolute atomic E-state index is 12.6. The highest BCUT2D eigenvalue weighted by Gasteiger charge is 2.17. The quantitative estimate of drug-likeness (QED) is 0.684. The molecule has 0 saturated heterocycles. The molecule has 2 aromatic carbocycles. The van der Waals surface area contributed by atoms with Crippen molar-refractivity contribution in [1.82, 2.24) is 0 Å². The van der Waals surface area contributed by atoms with E-state index in [1.165, 1.54) is 17.9 Å². The average Bonchev–Trinajstić information content (AvgIpc) is 2.69. The maximum Gasteiger partial charge on any atom is 0.227 e. The van der Waals surface area contributed by atoms with Crippen molar-refractivity contribution in [2.75, 3.05) is 22.1 Å². The lowest BCUT2D eigenvalue weighted by molar-refractivity contribution is -0.122. The maximum atomic E-state index is 12.6. The van der Waals surface area contributed by atoms with Crippen molar-refractivity contribution in [2.45, 2.75) is 26.2 Å². The summed E-state index contributed by atoms with van der Waals surface area (Å²) in [5.41, 5.74) is 1.45. The standard InChI is InChI=1S/C21H21ClN4O3/c1-15(27)24-18-9-8-16(22)14-19(18)25-20(28)10-11-21(29)26(13-5-12-23)17-6-3-2-4-7-17/h2-4,6-9,14H,5,10-11,13H2,1H3,(H,24,27)(H,25,28). The largest absolute Gasteiger partial charge is 0.325 e. The van der Waals surface area contributed by atoms with Gasteiger partial charge in [0.15, 0.2) is 0 Å². The van der Waals surface area contributed by atoms with Crippen LogP contribution in [0.3, 0.4) is 0 Å². The second-order valence-electron chi connectivity index (χ2n) is 6.21. The molecule has 3 amide bonds. The first-order chi connectivity index (χ1) is 13.9. The molecule has 0 bridgehead atoms. The van der Waals surface area contributed by atoms with Gasteiger partial charge in [-0.25, -0.2) is 0 Å². The summed E-state index contributed by atoms with van der Waals surface area (Å²) >= 11 is 5.97. The molecule has 0 heterocycles. The Kier molecular flexibility index (Phi) is 8.19. The lowest BCUT2D eigenvalue weighted by Gasteiger charge is -2.21. The highest BCUT2D eigenvalue weighted by atomic mass is 35.5. The van der Waals surface area contributed by atoms with Gasteiger partial charge < -0.3 is 15.5 Å². The predicted molar refractivity (Wildman–Crippen MR) is 113 cm³/mol. The van der Waals surface area contributed by atoms with Crippen molar-refractivity contribution < 1.29 is 14.4 Å². The summed E-state index contributed by atoms with van der Waals surface area (Å²) in [4.78, 5) is 37.8. The molecule has 29 heavy (non-hydrogen) atoms. The van der Waals surface area contributed by atoms with Gasteiger partial charge in [0.1, 0.15) is 0 Å². The molecule has 0 aliphatic carbocycles. The Balaban J connectivity index is 2.02. The van der Waals surface area contributed by atoms with Crippen molar-refractivity contribution in [3.05, 3.63) is 53.6 Å². The first-order valence-corrected chi connectivity index (χ1v) is 9.38. The Bertz CT molecular complexity index is 925. The number of halogens is 1. The molecule has 2 N–H and O–H groups in total. The van der Waals surface area contributed by atoms with Crippen LogP contribution in [-0.4, -0.2) is 24.3 Å². The van der Waals surface area contributed by atoms with Gasteiger partial charge in [-0.2, -0.15) is 5.26 Å². The van der Waals surface area contributed by atoms with E-state index in [9.17, 15) is 14.4 Å². The van der Waals surface area contributed by atoms with E-state index in [-0.39, 0.29) is 43.5 Å². The minimum Gasteiger partial charge on any atom is -0.325 e. The smallest absolute Gasteiger partial charge is 0.227 e. The number of nitriles is 1. The van der Waals surface area contributed by atoms with E-state index in [4.69, 9.17) is 16.9 Å². The second kappa shape index (κ2) is 10.8. The number of anilines is 3. The predicted octanol–water partition coefficient (Wildman–Crippen LogP) is 3.96. The minimum atomic E-state index is -0.388. The SMILES string of the molecule is CC(=O)Nc1ccc(Cl)cc1NC(=O)CCC(=O)N(CCC#N)c1ccccc1. The summed E-state index contributed by atoms with van der Waals surface area (Å²) in [6.45, 7) is 1.61. The summed E-state index contributed by atoms with van der Waals surface area (Å²) in [7, 11) is 0. The number of nitrogens with one attached hydrogen (secondary N) is 2. The molecule has 2 rings (SSSR count). The summed E-state index contributed by atoms with van der Waals surface area (Å²) in [5.74, 6) is -0.927. The fraction of sp³-hybridized carbons (Fsp3) is 0.238. The molecule has 0 aromatic heterocycles. The third-order valence-electron chi connectivity index (χ3n) is 3.95. The minimum absolute atomic E-state index is 0.0256. The summed E-state index contributed by atoms with van der Waals surface area (Å²) < 4.78 is 0. The molecule has 0 aliphatic rings. The molecule has 0 saturated carbocycles. The van der Waals surface area contributed by atoms with Crippen molar-refractivity contribution in [2.24, 2.45) is 0 Å². The molecular weight excluding hydrogens is 392 g/mol. The zero-order chi connectivity index (χ0) is 21.2. The first kappa shape index (κ1) is 21.9.